The molecule has 1 aliphatic carbocycles. The number of carbonyl (C=O) groups excluding carboxylic acids is 2. The van der Waals surface area contributed by atoms with Crippen molar-refractivity contribution in [1.82, 2.24) is 0 Å². The van der Waals surface area contributed by atoms with Crippen molar-refractivity contribution in [2.75, 3.05) is 6.61 Å². The second kappa shape index (κ2) is 5.53. The molecule has 0 amide bonds. The number of carbonyl (C=O) groups is 2. The zero-order chi connectivity index (χ0) is 11.3. The van der Waals surface area contributed by atoms with Crippen molar-refractivity contribution in [2.45, 2.75) is 6.92 Å². The van der Waals surface area contributed by atoms with Crippen molar-refractivity contribution in [1.29, 1.82) is 0 Å². The SMILES string of the molecule is CCOC(=O)/C(O)=C/C(=O)[C]1[CH][CH][CH][CH]1. The quantitative estimate of drug-likeness (QED) is 0.424. The lowest BCUT2D eigenvalue weighted by molar-refractivity contribution is -0.141. The molecule has 0 bridgehead atoms. The molecule has 5 radical (unpaired) electrons. The molecule has 0 aromatic carbocycles. The maximum absolute atomic E-state index is 11.4. The molecule has 1 aliphatic rings. The molecular formula is C11H11O4. The van der Waals surface area contributed by atoms with Crippen LogP contribution in [0.5, 0.6) is 0 Å². The van der Waals surface area contributed by atoms with Gasteiger partial charge in [-0.1, -0.05) is 0 Å². The second-order valence-corrected chi connectivity index (χ2v) is 2.79. The van der Waals surface area contributed by atoms with Crippen LogP contribution in [0, 0.1) is 31.6 Å². The smallest absolute Gasteiger partial charge is 0.373 e. The van der Waals surface area contributed by atoms with E-state index in [1.807, 2.05) is 0 Å². The number of allylic oxidation sites excluding steroid dienone is 1. The van der Waals surface area contributed by atoms with E-state index in [1.165, 1.54) is 0 Å². The van der Waals surface area contributed by atoms with Crippen LogP contribution in [0.3, 0.4) is 0 Å². The minimum Gasteiger partial charge on any atom is -0.502 e. The van der Waals surface area contributed by atoms with Gasteiger partial charge >= 0.3 is 5.97 Å². The number of hydrogen-bond acceptors (Lipinski definition) is 4. The van der Waals surface area contributed by atoms with Crippen molar-refractivity contribution in [3.8, 4) is 0 Å². The number of aliphatic hydroxyl groups is 1. The predicted octanol–water partition coefficient (Wildman–Crippen LogP) is 0.966. The van der Waals surface area contributed by atoms with E-state index in [9.17, 15) is 14.7 Å². The fraction of sp³-hybridized carbons (Fsp3) is 0.182. The van der Waals surface area contributed by atoms with Gasteiger partial charge in [0.1, 0.15) is 0 Å². The van der Waals surface area contributed by atoms with Crippen molar-refractivity contribution in [3.05, 3.63) is 43.4 Å². The average molecular weight is 207 g/mol. The Hall–Kier alpha value is -1.32. The normalized spacial score (nSPS) is 17.8. The topological polar surface area (TPSA) is 63.6 Å². The average Bonchev–Trinajstić information content (AvgIpc) is 2.70. The fourth-order valence-corrected chi connectivity index (χ4v) is 1.01. The third kappa shape index (κ3) is 3.38. The molecule has 4 heteroatoms. The number of ketones is 1. The number of rotatable bonds is 4. The van der Waals surface area contributed by atoms with Crippen LogP contribution in [0.2, 0.25) is 0 Å². The molecule has 1 fully saturated rings. The molecule has 1 N–H and O–H groups in total. The van der Waals surface area contributed by atoms with Crippen LogP contribution in [0.25, 0.3) is 0 Å². The first kappa shape index (κ1) is 11.8. The lowest BCUT2D eigenvalue weighted by Gasteiger charge is -2.03. The van der Waals surface area contributed by atoms with E-state index in [2.05, 4.69) is 4.74 Å². The van der Waals surface area contributed by atoms with Gasteiger partial charge in [0.05, 0.1) is 12.5 Å². The third-order valence-electron chi connectivity index (χ3n) is 1.70. The van der Waals surface area contributed by atoms with E-state index in [4.69, 9.17) is 0 Å². The van der Waals surface area contributed by atoms with E-state index >= 15 is 0 Å². The van der Waals surface area contributed by atoms with Gasteiger partial charge in [-0.05, 0) is 32.6 Å². The second-order valence-electron chi connectivity index (χ2n) is 2.79. The lowest BCUT2D eigenvalue weighted by Crippen LogP contribution is -2.12. The van der Waals surface area contributed by atoms with Gasteiger partial charge in [-0.2, -0.15) is 0 Å². The summed E-state index contributed by atoms with van der Waals surface area (Å²) in [5.74, 6) is -1.57. The first-order chi connectivity index (χ1) is 7.15. The van der Waals surface area contributed by atoms with Crippen LogP contribution in [0.1, 0.15) is 6.92 Å². The van der Waals surface area contributed by atoms with E-state index in [-0.39, 0.29) is 6.61 Å². The highest BCUT2D eigenvalue weighted by atomic mass is 16.5. The molecule has 15 heavy (non-hydrogen) atoms. The summed E-state index contributed by atoms with van der Waals surface area (Å²) in [6.45, 7) is 1.77. The molecule has 4 nitrogen and oxygen atoms in total. The Morgan fingerprint density at radius 2 is 2.00 bits per heavy atom. The summed E-state index contributed by atoms with van der Waals surface area (Å²) in [5.41, 5.74) is 0. The van der Waals surface area contributed by atoms with Gasteiger partial charge in [-0.3, -0.25) is 4.79 Å². The molecule has 0 saturated heterocycles. The first-order valence-electron chi connectivity index (χ1n) is 4.49. The number of ether oxygens (including phenoxy) is 1. The van der Waals surface area contributed by atoms with Crippen LogP contribution in [-0.2, 0) is 14.3 Å². The van der Waals surface area contributed by atoms with E-state index in [1.54, 1.807) is 32.6 Å². The Balaban J connectivity index is 2.53. The van der Waals surface area contributed by atoms with Crippen molar-refractivity contribution < 1.29 is 19.4 Å². The molecule has 79 valence electrons. The highest BCUT2D eigenvalue weighted by molar-refractivity contribution is 6.08. The van der Waals surface area contributed by atoms with Gasteiger partial charge in [-0.15, -0.1) is 0 Å². The minimum atomic E-state index is -0.891. The number of aliphatic hydroxyl groups excluding tert-OH is 1. The lowest BCUT2D eigenvalue weighted by atomic mass is 10.0. The Kier molecular flexibility index (Phi) is 4.34. The van der Waals surface area contributed by atoms with Crippen LogP contribution in [0.4, 0.5) is 0 Å². The molecule has 0 aliphatic heterocycles. The highest BCUT2D eigenvalue weighted by Gasteiger charge is 2.24. The molecule has 1 saturated carbocycles. The zero-order valence-corrected chi connectivity index (χ0v) is 8.27. The van der Waals surface area contributed by atoms with Gasteiger partial charge in [0.2, 0.25) is 5.76 Å². The first-order valence-corrected chi connectivity index (χ1v) is 4.49. The van der Waals surface area contributed by atoms with Crippen LogP contribution in [-0.4, -0.2) is 23.5 Å². The maximum Gasteiger partial charge on any atom is 0.373 e. The summed E-state index contributed by atoms with van der Waals surface area (Å²) in [6.07, 6.45) is 7.44. The number of esters is 1. The Bertz CT molecular complexity index is 274. The molecule has 0 heterocycles. The van der Waals surface area contributed by atoms with Gasteiger partial charge in [-0.25, -0.2) is 4.79 Å². The summed E-state index contributed by atoms with van der Waals surface area (Å²) >= 11 is 0. The van der Waals surface area contributed by atoms with Crippen LogP contribution < -0.4 is 0 Å². The monoisotopic (exact) mass is 207 g/mol. The molecule has 0 spiro atoms. The number of hydrogen-bond donors (Lipinski definition) is 1. The molecule has 0 aromatic heterocycles. The molecule has 0 unspecified atom stereocenters. The largest absolute Gasteiger partial charge is 0.502 e. The van der Waals surface area contributed by atoms with Gasteiger partial charge in [0.15, 0.2) is 5.78 Å². The van der Waals surface area contributed by atoms with E-state index in [0.29, 0.717) is 5.92 Å². The van der Waals surface area contributed by atoms with E-state index in [0.717, 1.165) is 6.08 Å². The predicted molar refractivity (Wildman–Crippen MR) is 52.8 cm³/mol. The van der Waals surface area contributed by atoms with Crippen molar-refractivity contribution in [2.24, 2.45) is 0 Å². The maximum atomic E-state index is 11.4. The van der Waals surface area contributed by atoms with E-state index < -0.39 is 17.5 Å². The molecule has 0 aromatic rings. The Morgan fingerprint density at radius 1 is 1.40 bits per heavy atom. The van der Waals surface area contributed by atoms with Gasteiger partial charge in [0, 0.05) is 6.08 Å². The third-order valence-corrected chi connectivity index (χ3v) is 1.70. The zero-order valence-electron chi connectivity index (χ0n) is 8.27. The standard InChI is InChI=1S/C11H11O4/c1-2-15-11(14)10(13)7-9(12)8-5-3-4-6-8/h3-7,13H,2H2,1H3/b10-7-. The Labute approximate surface area is 88.9 Å². The van der Waals surface area contributed by atoms with Gasteiger partial charge in [0.25, 0.3) is 0 Å². The van der Waals surface area contributed by atoms with Crippen molar-refractivity contribution in [3.63, 3.8) is 0 Å². The summed E-state index contributed by atoms with van der Waals surface area (Å²) in [4.78, 5) is 22.3. The summed E-state index contributed by atoms with van der Waals surface area (Å²) < 4.78 is 4.51. The van der Waals surface area contributed by atoms with Crippen LogP contribution >= 0.6 is 0 Å². The van der Waals surface area contributed by atoms with Crippen LogP contribution in [0.15, 0.2) is 11.8 Å². The molecule has 0 atom stereocenters. The fourth-order valence-electron chi connectivity index (χ4n) is 1.01. The summed E-state index contributed by atoms with van der Waals surface area (Å²) in [6, 6.07) is 0. The summed E-state index contributed by atoms with van der Waals surface area (Å²) in [5, 5.41) is 9.18. The minimum absolute atomic E-state index is 0.154. The summed E-state index contributed by atoms with van der Waals surface area (Å²) in [7, 11) is 0. The van der Waals surface area contributed by atoms with Crippen molar-refractivity contribution >= 4 is 11.8 Å². The molecular weight excluding hydrogens is 196 g/mol. The Morgan fingerprint density at radius 3 is 2.53 bits per heavy atom. The highest BCUT2D eigenvalue weighted by Crippen LogP contribution is 2.24. The van der Waals surface area contributed by atoms with Gasteiger partial charge < -0.3 is 9.84 Å². The molecule has 1 rings (SSSR count).